The predicted molar refractivity (Wildman–Crippen MR) is 57.0 cm³/mol. The van der Waals surface area contributed by atoms with Crippen LogP contribution in [-0.4, -0.2) is 50.8 Å². The number of aliphatic hydroxyl groups excluding tert-OH is 2. The summed E-state index contributed by atoms with van der Waals surface area (Å²) < 4.78 is 12.0. The number of ether oxygens (including phenoxy) is 2. The van der Waals surface area contributed by atoms with Gasteiger partial charge in [0.05, 0.1) is 13.2 Å². The zero-order valence-electron chi connectivity index (χ0n) is 9.28. The lowest BCUT2D eigenvalue weighted by Crippen LogP contribution is -2.44. The molecule has 3 N–H and O–H groups in total. The molecular formula is C10H12N2O6. The maximum absolute atomic E-state index is 11.6. The highest BCUT2D eigenvalue weighted by Crippen LogP contribution is 2.43. The van der Waals surface area contributed by atoms with Crippen LogP contribution in [0.15, 0.2) is 21.9 Å². The molecule has 0 spiro atoms. The number of aromatic amines is 1. The van der Waals surface area contributed by atoms with Crippen molar-refractivity contribution in [3.05, 3.63) is 33.1 Å². The number of aromatic nitrogens is 2. The van der Waals surface area contributed by atoms with Crippen molar-refractivity contribution in [3.63, 3.8) is 0 Å². The first-order valence-electron chi connectivity index (χ1n) is 5.47. The Hall–Kier alpha value is -1.48. The van der Waals surface area contributed by atoms with Gasteiger partial charge in [-0.25, -0.2) is 4.79 Å². The van der Waals surface area contributed by atoms with Crippen LogP contribution in [0.2, 0.25) is 0 Å². The molecule has 2 fully saturated rings. The lowest BCUT2D eigenvalue weighted by atomic mass is 10.0. The highest BCUT2D eigenvalue weighted by atomic mass is 16.7. The van der Waals surface area contributed by atoms with Crippen molar-refractivity contribution in [2.45, 2.75) is 24.0 Å². The van der Waals surface area contributed by atoms with Crippen molar-refractivity contribution >= 4 is 0 Å². The molecule has 2 aliphatic rings. The Morgan fingerprint density at radius 2 is 2.33 bits per heavy atom. The molecule has 0 radical (unpaired) electrons. The van der Waals surface area contributed by atoms with Crippen molar-refractivity contribution < 1.29 is 19.7 Å². The summed E-state index contributed by atoms with van der Waals surface area (Å²) in [7, 11) is 0. The van der Waals surface area contributed by atoms with Crippen molar-refractivity contribution in [1.82, 2.24) is 9.55 Å². The molecule has 2 aliphatic heterocycles. The third-order valence-electron chi connectivity index (χ3n) is 3.40. The molecule has 0 unspecified atom stereocenters. The average Bonchev–Trinajstić information content (AvgIpc) is 2.81. The van der Waals surface area contributed by atoms with Gasteiger partial charge in [0.25, 0.3) is 5.56 Å². The van der Waals surface area contributed by atoms with Crippen molar-refractivity contribution in [2.75, 3.05) is 13.2 Å². The van der Waals surface area contributed by atoms with E-state index in [-0.39, 0.29) is 6.61 Å². The standard InChI is InChI=1S/C10H12N2O6/c13-3-10-4-17-6(7(10)15)8(18-10)12-2-1-5(14)11-9(12)16/h1-2,6-8,13,15H,3-4H2,(H,11,14,16)/t6-,7-,8-,10-/m0/s1. The molecule has 2 saturated heterocycles. The highest BCUT2D eigenvalue weighted by Gasteiger charge is 2.61. The van der Waals surface area contributed by atoms with Gasteiger partial charge in [0.15, 0.2) is 6.23 Å². The Morgan fingerprint density at radius 3 is 2.94 bits per heavy atom. The molecule has 2 bridgehead atoms. The van der Waals surface area contributed by atoms with Crippen molar-refractivity contribution in [2.24, 2.45) is 0 Å². The molecule has 18 heavy (non-hydrogen) atoms. The molecule has 1 aromatic heterocycles. The molecule has 0 aliphatic carbocycles. The van der Waals surface area contributed by atoms with Gasteiger partial charge < -0.3 is 19.7 Å². The van der Waals surface area contributed by atoms with Crippen LogP contribution in [-0.2, 0) is 9.47 Å². The third-order valence-corrected chi connectivity index (χ3v) is 3.40. The zero-order chi connectivity index (χ0) is 12.9. The molecule has 0 saturated carbocycles. The van der Waals surface area contributed by atoms with E-state index in [2.05, 4.69) is 4.98 Å². The Balaban J connectivity index is 2.01. The monoisotopic (exact) mass is 256 g/mol. The van der Waals surface area contributed by atoms with Gasteiger partial charge in [-0.05, 0) is 0 Å². The van der Waals surface area contributed by atoms with Gasteiger partial charge in [-0.3, -0.25) is 14.3 Å². The number of H-pyrrole nitrogens is 1. The summed E-state index contributed by atoms with van der Waals surface area (Å²) in [4.78, 5) is 24.7. The van der Waals surface area contributed by atoms with E-state index in [1.165, 1.54) is 12.3 Å². The summed E-state index contributed by atoms with van der Waals surface area (Å²) in [6.07, 6.45) is -1.33. The number of hydrogen-bond acceptors (Lipinski definition) is 6. The number of rotatable bonds is 2. The maximum atomic E-state index is 11.6. The number of nitrogens with zero attached hydrogens (tertiary/aromatic N) is 1. The number of fused-ring (bicyclic) bond motifs is 2. The van der Waals surface area contributed by atoms with Crippen LogP contribution < -0.4 is 11.2 Å². The summed E-state index contributed by atoms with van der Waals surface area (Å²) in [5.41, 5.74) is -2.35. The van der Waals surface area contributed by atoms with Crippen LogP contribution in [0.25, 0.3) is 0 Å². The van der Waals surface area contributed by atoms with E-state index >= 15 is 0 Å². The zero-order valence-corrected chi connectivity index (χ0v) is 9.28. The van der Waals surface area contributed by atoms with E-state index in [4.69, 9.17) is 9.47 Å². The van der Waals surface area contributed by atoms with Gasteiger partial charge >= 0.3 is 5.69 Å². The Bertz CT molecular complexity index is 580. The van der Waals surface area contributed by atoms with Gasteiger partial charge in [0.1, 0.15) is 17.8 Å². The van der Waals surface area contributed by atoms with Crippen LogP contribution in [0.3, 0.4) is 0 Å². The second-order valence-electron chi connectivity index (χ2n) is 4.47. The first-order valence-corrected chi connectivity index (χ1v) is 5.47. The summed E-state index contributed by atoms with van der Waals surface area (Å²) in [6, 6.07) is 1.18. The molecule has 3 heterocycles. The van der Waals surface area contributed by atoms with Gasteiger partial charge in [-0.15, -0.1) is 0 Å². The fourth-order valence-corrected chi connectivity index (χ4v) is 2.38. The minimum absolute atomic E-state index is 0.0734. The maximum Gasteiger partial charge on any atom is 0.330 e. The quantitative estimate of drug-likeness (QED) is 0.541. The third kappa shape index (κ3) is 1.40. The first kappa shape index (κ1) is 11.6. The topological polar surface area (TPSA) is 114 Å². The van der Waals surface area contributed by atoms with Gasteiger partial charge in [0, 0.05) is 12.3 Å². The largest absolute Gasteiger partial charge is 0.393 e. The molecule has 0 amide bonds. The van der Waals surface area contributed by atoms with Crippen LogP contribution in [0, 0.1) is 0 Å². The molecule has 98 valence electrons. The predicted octanol–water partition coefficient (Wildman–Crippen LogP) is -2.44. The summed E-state index contributed by atoms with van der Waals surface area (Å²) >= 11 is 0. The number of aliphatic hydroxyl groups is 2. The van der Waals surface area contributed by atoms with Crippen molar-refractivity contribution in [3.8, 4) is 0 Å². The fraction of sp³-hybridized carbons (Fsp3) is 0.600. The smallest absolute Gasteiger partial charge is 0.330 e. The molecule has 1 aromatic rings. The highest BCUT2D eigenvalue weighted by molar-refractivity contribution is 5.07. The Kier molecular flexibility index (Phi) is 2.42. The SMILES string of the molecule is O=c1ccn([C@H]2O[C@@]3(CO)CO[C@H]2[C@@H]3O)c(=O)[nH]1. The van der Waals surface area contributed by atoms with Gasteiger partial charge in [-0.1, -0.05) is 0 Å². The second kappa shape index (κ2) is 3.75. The Morgan fingerprint density at radius 1 is 1.56 bits per heavy atom. The molecule has 8 nitrogen and oxygen atoms in total. The van der Waals surface area contributed by atoms with Gasteiger partial charge in [-0.2, -0.15) is 0 Å². The van der Waals surface area contributed by atoms with Crippen molar-refractivity contribution in [1.29, 1.82) is 0 Å². The van der Waals surface area contributed by atoms with Crippen LogP contribution in [0.1, 0.15) is 6.23 Å². The van der Waals surface area contributed by atoms with E-state index in [9.17, 15) is 19.8 Å². The molecule has 4 atom stereocenters. The lowest BCUT2D eigenvalue weighted by molar-refractivity contribution is -0.187. The summed E-state index contributed by atoms with van der Waals surface area (Å²) in [5.74, 6) is 0. The van der Waals surface area contributed by atoms with Crippen LogP contribution in [0.5, 0.6) is 0 Å². The Labute approximate surface area is 100 Å². The minimum atomic E-state index is -1.19. The van der Waals surface area contributed by atoms with Crippen LogP contribution >= 0.6 is 0 Å². The molecule has 3 rings (SSSR count). The van der Waals surface area contributed by atoms with Crippen LogP contribution in [0.4, 0.5) is 0 Å². The normalized spacial score (nSPS) is 38.2. The number of nitrogens with one attached hydrogen (secondary N) is 1. The second-order valence-corrected chi connectivity index (χ2v) is 4.47. The molecule has 8 heteroatoms. The molecule has 0 aromatic carbocycles. The van der Waals surface area contributed by atoms with E-state index in [1.54, 1.807) is 0 Å². The average molecular weight is 256 g/mol. The first-order chi connectivity index (χ1) is 8.57. The van der Waals surface area contributed by atoms with E-state index in [0.717, 1.165) is 4.57 Å². The summed E-state index contributed by atoms with van der Waals surface area (Å²) in [6.45, 7) is -0.330. The number of hydrogen-bond donors (Lipinski definition) is 3. The molecular weight excluding hydrogens is 244 g/mol. The summed E-state index contributed by atoms with van der Waals surface area (Å²) in [5, 5.41) is 19.2. The lowest BCUT2D eigenvalue weighted by Gasteiger charge is -2.29. The van der Waals surface area contributed by atoms with E-state index in [1.807, 2.05) is 0 Å². The van der Waals surface area contributed by atoms with E-state index < -0.39 is 41.9 Å². The fourth-order valence-electron chi connectivity index (χ4n) is 2.38. The van der Waals surface area contributed by atoms with Gasteiger partial charge in [0.2, 0.25) is 0 Å². The van der Waals surface area contributed by atoms with E-state index in [0.29, 0.717) is 0 Å². The minimum Gasteiger partial charge on any atom is -0.393 e.